The summed E-state index contributed by atoms with van der Waals surface area (Å²) >= 11 is 1.51. The van der Waals surface area contributed by atoms with Gasteiger partial charge in [0.1, 0.15) is 5.25 Å². The van der Waals surface area contributed by atoms with Crippen molar-refractivity contribution in [1.82, 2.24) is 5.32 Å². The van der Waals surface area contributed by atoms with E-state index in [1.54, 1.807) is 0 Å². The largest absolute Gasteiger partial charge is 0.356 e. The third kappa shape index (κ3) is 5.02. The van der Waals surface area contributed by atoms with Gasteiger partial charge in [0.2, 0.25) is 11.8 Å². The Balaban J connectivity index is 1.83. The summed E-state index contributed by atoms with van der Waals surface area (Å²) in [4.78, 5) is 29.1. The van der Waals surface area contributed by atoms with Crippen LogP contribution in [-0.2, 0) is 16.1 Å². The lowest BCUT2D eigenvalue weighted by atomic mass is 10.0. The minimum atomic E-state index is -0.423. The van der Waals surface area contributed by atoms with Crippen LogP contribution in [0.3, 0.4) is 0 Å². The number of hydrogen-bond acceptors (Lipinski definition) is 3. The van der Waals surface area contributed by atoms with Gasteiger partial charge in [-0.05, 0) is 42.5 Å². The molecular weight excluding hydrogens is 380 g/mol. The molecule has 5 heteroatoms. The van der Waals surface area contributed by atoms with Crippen molar-refractivity contribution in [3.8, 4) is 0 Å². The van der Waals surface area contributed by atoms with Crippen LogP contribution >= 0.6 is 11.8 Å². The number of nitrogens with zero attached hydrogens (tertiary/aromatic N) is 1. The molecule has 1 aliphatic heterocycles. The molecule has 0 radical (unpaired) electrons. The maximum Gasteiger partial charge on any atom is 0.241 e. The number of fused-ring (bicyclic) bond motifs is 1. The first-order valence-corrected chi connectivity index (χ1v) is 11.2. The first-order chi connectivity index (χ1) is 13.9. The van der Waals surface area contributed by atoms with Gasteiger partial charge >= 0.3 is 0 Å². The molecule has 1 N–H and O–H groups in total. The highest BCUT2D eigenvalue weighted by atomic mass is 32.2. The van der Waals surface area contributed by atoms with E-state index in [4.69, 9.17) is 0 Å². The van der Waals surface area contributed by atoms with Crippen molar-refractivity contribution in [1.29, 1.82) is 0 Å². The van der Waals surface area contributed by atoms with E-state index < -0.39 is 11.2 Å². The van der Waals surface area contributed by atoms with Gasteiger partial charge in [-0.1, -0.05) is 57.2 Å². The van der Waals surface area contributed by atoms with Crippen molar-refractivity contribution in [2.24, 2.45) is 11.8 Å². The van der Waals surface area contributed by atoms with Crippen LogP contribution in [-0.4, -0.2) is 23.6 Å². The predicted molar refractivity (Wildman–Crippen MR) is 120 cm³/mol. The number of anilines is 1. The zero-order valence-corrected chi connectivity index (χ0v) is 18.5. The number of rotatable bonds is 7. The topological polar surface area (TPSA) is 49.4 Å². The lowest BCUT2D eigenvalue weighted by molar-refractivity contribution is -0.128. The second-order valence-corrected chi connectivity index (χ2v) is 9.30. The Hall–Kier alpha value is -2.27. The lowest BCUT2D eigenvalue weighted by Gasteiger charge is -2.36. The van der Waals surface area contributed by atoms with Gasteiger partial charge in [0, 0.05) is 11.4 Å². The van der Waals surface area contributed by atoms with Crippen LogP contribution in [0.4, 0.5) is 5.69 Å². The molecular formula is C24H30N2O2S. The van der Waals surface area contributed by atoms with E-state index in [1.165, 1.54) is 11.8 Å². The molecule has 2 aromatic rings. The molecule has 2 atom stereocenters. The van der Waals surface area contributed by atoms with Crippen molar-refractivity contribution in [3.05, 3.63) is 59.7 Å². The standard InChI is InChI=1S/C24H30N2O2S/c1-16(2)13-14-25-23(27)18(4)22-24(28)26(15-19-10-6-5-9-17(19)3)20-11-7-8-12-21(20)29-22/h5-12,16,18,22H,13-15H2,1-4H3,(H,25,27). The van der Waals surface area contributed by atoms with Crippen molar-refractivity contribution in [2.45, 2.75) is 50.8 Å². The Morgan fingerprint density at radius 1 is 1.10 bits per heavy atom. The summed E-state index contributed by atoms with van der Waals surface area (Å²) in [5, 5.41) is 2.58. The highest BCUT2D eigenvalue weighted by molar-refractivity contribution is 8.01. The SMILES string of the molecule is Cc1ccccc1CN1C(=O)C(C(C)C(=O)NCCC(C)C)Sc2ccccc21. The van der Waals surface area contributed by atoms with E-state index in [9.17, 15) is 9.59 Å². The first kappa shape index (κ1) is 21.4. The lowest BCUT2D eigenvalue weighted by Crippen LogP contribution is -2.47. The predicted octanol–water partition coefficient (Wildman–Crippen LogP) is 4.80. The van der Waals surface area contributed by atoms with E-state index in [0.717, 1.165) is 28.1 Å². The van der Waals surface area contributed by atoms with E-state index in [-0.39, 0.29) is 11.8 Å². The molecule has 4 nitrogen and oxygen atoms in total. The number of benzene rings is 2. The Bertz CT molecular complexity index is 881. The quantitative estimate of drug-likeness (QED) is 0.713. The number of para-hydroxylation sites is 1. The van der Waals surface area contributed by atoms with Crippen LogP contribution in [0.5, 0.6) is 0 Å². The van der Waals surface area contributed by atoms with Gasteiger partial charge in [0.05, 0.1) is 18.2 Å². The average molecular weight is 411 g/mol. The van der Waals surface area contributed by atoms with Gasteiger partial charge in [-0.25, -0.2) is 0 Å². The highest BCUT2D eigenvalue weighted by Gasteiger charge is 2.39. The van der Waals surface area contributed by atoms with Crippen molar-refractivity contribution in [2.75, 3.05) is 11.4 Å². The summed E-state index contributed by atoms with van der Waals surface area (Å²) in [5.41, 5.74) is 3.21. The zero-order chi connectivity index (χ0) is 21.0. The summed E-state index contributed by atoms with van der Waals surface area (Å²) in [5.74, 6) is 0.0929. The summed E-state index contributed by atoms with van der Waals surface area (Å²) in [7, 11) is 0. The van der Waals surface area contributed by atoms with Gasteiger partial charge in [-0.15, -0.1) is 11.8 Å². The molecule has 0 aliphatic carbocycles. The molecule has 2 unspecified atom stereocenters. The summed E-state index contributed by atoms with van der Waals surface area (Å²) < 4.78 is 0. The number of carbonyl (C=O) groups excluding carboxylic acids is 2. The van der Waals surface area contributed by atoms with Crippen LogP contribution in [0.1, 0.15) is 38.3 Å². The van der Waals surface area contributed by atoms with Crippen molar-refractivity contribution >= 4 is 29.3 Å². The number of aryl methyl sites for hydroxylation is 1. The third-order valence-corrected chi connectivity index (χ3v) is 6.86. The minimum Gasteiger partial charge on any atom is -0.356 e. The molecule has 29 heavy (non-hydrogen) atoms. The molecule has 2 amide bonds. The number of amides is 2. The van der Waals surface area contributed by atoms with Gasteiger partial charge < -0.3 is 10.2 Å². The highest BCUT2D eigenvalue weighted by Crippen LogP contribution is 2.42. The normalized spacial score (nSPS) is 17.2. The fourth-order valence-electron chi connectivity index (χ4n) is 3.46. The van der Waals surface area contributed by atoms with Crippen molar-refractivity contribution < 1.29 is 9.59 Å². The van der Waals surface area contributed by atoms with E-state index in [0.29, 0.717) is 19.0 Å². The fraction of sp³-hybridized carbons (Fsp3) is 0.417. The maximum absolute atomic E-state index is 13.5. The fourth-order valence-corrected chi connectivity index (χ4v) is 4.74. The Morgan fingerprint density at radius 3 is 2.52 bits per heavy atom. The Morgan fingerprint density at radius 2 is 1.79 bits per heavy atom. The summed E-state index contributed by atoms with van der Waals surface area (Å²) in [6.07, 6.45) is 0.937. The molecule has 0 spiro atoms. The molecule has 2 aromatic carbocycles. The zero-order valence-electron chi connectivity index (χ0n) is 17.6. The second kappa shape index (κ2) is 9.49. The van der Waals surface area contributed by atoms with E-state index in [1.807, 2.05) is 48.2 Å². The second-order valence-electron chi connectivity index (χ2n) is 8.12. The third-order valence-electron chi connectivity index (χ3n) is 5.40. The number of hydrogen-bond donors (Lipinski definition) is 1. The van der Waals surface area contributed by atoms with Crippen LogP contribution in [0.15, 0.2) is 53.4 Å². The molecule has 1 heterocycles. The molecule has 1 aliphatic rings. The average Bonchev–Trinajstić information content (AvgIpc) is 2.70. The van der Waals surface area contributed by atoms with Crippen LogP contribution in [0, 0.1) is 18.8 Å². The van der Waals surface area contributed by atoms with Crippen molar-refractivity contribution in [3.63, 3.8) is 0 Å². The number of nitrogens with one attached hydrogen (secondary N) is 1. The maximum atomic E-state index is 13.5. The smallest absolute Gasteiger partial charge is 0.241 e. The molecule has 0 aromatic heterocycles. The monoisotopic (exact) mass is 410 g/mol. The molecule has 0 saturated heterocycles. The van der Waals surface area contributed by atoms with Crippen LogP contribution < -0.4 is 10.2 Å². The Kier molecular flexibility index (Phi) is 7.01. The Labute approximate surface area is 178 Å². The summed E-state index contributed by atoms with van der Waals surface area (Å²) in [6.45, 7) is 9.36. The van der Waals surface area contributed by atoms with Crippen LogP contribution in [0.2, 0.25) is 0 Å². The molecule has 0 saturated carbocycles. The number of carbonyl (C=O) groups is 2. The van der Waals surface area contributed by atoms with Gasteiger partial charge in [0.15, 0.2) is 0 Å². The van der Waals surface area contributed by atoms with E-state index >= 15 is 0 Å². The van der Waals surface area contributed by atoms with Gasteiger partial charge in [-0.2, -0.15) is 0 Å². The number of thioether (sulfide) groups is 1. The first-order valence-electron chi connectivity index (χ1n) is 10.3. The molecule has 3 rings (SSSR count). The van der Waals surface area contributed by atoms with E-state index in [2.05, 4.69) is 38.2 Å². The van der Waals surface area contributed by atoms with Gasteiger partial charge in [-0.3, -0.25) is 9.59 Å². The minimum absolute atomic E-state index is 0.00321. The summed E-state index contributed by atoms with van der Waals surface area (Å²) in [6, 6.07) is 16.1. The van der Waals surface area contributed by atoms with Gasteiger partial charge in [0.25, 0.3) is 0 Å². The molecule has 154 valence electrons. The molecule has 0 fully saturated rings. The van der Waals surface area contributed by atoms with Crippen LogP contribution in [0.25, 0.3) is 0 Å². The molecule has 0 bridgehead atoms.